The van der Waals surface area contributed by atoms with Crippen LogP contribution in [0.1, 0.15) is 53.4 Å². The summed E-state index contributed by atoms with van der Waals surface area (Å²) < 4.78 is 0. The SMILES string of the molecule is CCCC(C)C(=O)NC(CC)(CC)CCl. The van der Waals surface area contributed by atoms with Crippen LogP contribution in [0.15, 0.2) is 0 Å². The van der Waals surface area contributed by atoms with E-state index in [4.69, 9.17) is 11.6 Å². The quantitative estimate of drug-likeness (QED) is 0.672. The van der Waals surface area contributed by atoms with Crippen molar-refractivity contribution in [1.82, 2.24) is 5.32 Å². The fourth-order valence-corrected chi connectivity index (χ4v) is 2.04. The maximum Gasteiger partial charge on any atom is 0.223 e. The molecule has 1 amide bonds. The average Bonchev–Trinajstić information content (AvgIpc) is 2.26. The first-order valence-electron chi connectivity index (χ1n) is 5.93. The second-order valence-corrected chi connectivity index (χ2v) is 4.57. The Labute approximate surface area is 98.8 Å². The molecule has 0 aromatic heterocycles. The zero-order valence-corrected chi connectivity index (χ0v) is 11.2. The molecule has 90 valence electrons. The van der Waals surface area contributed by atoms with Crippen molar-refractivity contribution in [2.75, 3.05) is 5.88 Å². The van der Waals surface area contributed by atoms with Gasteiger partial charge in [0.1, 0.15) is 0 Å². The topological polar surface area (TPSA) is 29.1 Å². The predicted molar refractivity (Wildman–Crippen MR) is 66.2 cm³/mol. The van der Waals surface area contributed by atoms with Gasteiger partial charge in [-0.25, -0.2) is 0 Å². The highest BCUT2D eigenvalue weighted by molar-refractivity contribution is 6.18. The standard InChI is InChI=1S/C12H24ClNO/c1-5-8-10(4)11(15)14-12(6-2,7-3)9-13/h10H,5-9H2,1-4H3,(H,14,15). The maximum atomic E-state index is 11.9. The second-order valence-electron chi connectivity index (χ2n) is 4.30. The van der Waals surface area contributed by atoms with Crippen molar-refractivity contribution in [2.24, 2.45) is 5.92 Å². The molecule has 0 radical (unpaired) electrons. The number of carbonyl (C=O) groups excluding carboxylic acids is 1. The Morgan fingerprint density at radius 3 is 2.20 bits per heavy atom. The first-order chi connectivity index (χ1) is 7.05. The fourth-order valence-electron chi connectivity index (χ4n) is 1.60. The van der Waals surface area contributed by atoms with Gasteiger partial charge in [0, 0.05) is 11.8 Å². The third-order valence-corrected chi connectivity index (χ3v) is 3.68. The molecule has 2 nitrogen and oxygen atoms in total. The Kier molecular flexibility index (Phi) is 6.99. The minimum absolute atomic E-state index is 0.0932. The van der Waals surface area contributed by atoms with Crippen molar-refractivity contribution in [1.29, 1.82) is 0 Å². The summed E-state index contributed by atoms with van der Waals surface area (Å²) in [5.74, 6) is 0.724. The van der Waals surface area contributed by atoms with Crippen LogP contribution in [-0.4, -0.2) is 17.3 Å². The summed E-state index contributed by atoms with van der Waals surface area (Å²) in [5.41, 5.74) is -0.208. The first kappa shape index (κ1) is 14.8. The van der Waals surface area contributed by atoms with Crippen molar-refractivity contribution < 1.29 is 4.79 Å². The highest BCUT2D eigenvalue weighted by atomic mass is 35.5. The van der Waals surface area contributed by atoms with Gasteiger partial charge in [0.25, 0.3) is 0 Å². The fraction of sp³-hybridized carbons (Fsp3) is 0.917. The van der Waals surface area contributed by atoms with Crippen molar-refractivity contribution in [3.8, 4) is 0 Å². The van der Waals surface area contributed by atoms with Gasteiger partial charge >= 0.3 is 0 Å². The molecular formula is C12H24ClNO. The number of hydrogen-bond acceptors (Lipinski definition) is 1. The largest absolute Gasteiger partial charge is 0.349 e. The smallest absolute Gasteiger partial charge is 0.223 e. The van der Waals surface area contributed by atoms with Gasteiger partial charge in [0.05, 0.1) is 5.54 Å². The zero-order valence-electron chi connectivity index (χ0n) is 10.4. The number of halogens is 1. The third-order valence-electron chi connectivity index (χ3n) is 3.17. The number of hydrogen-bond donors (Lipinski definition) is 1. The van der Waals surface area contributed by atoms with Crippen LogP contribution in [0.4, 0.5) is 0 Å². The molecule has 0 saturated carbocycles. The molecule has 0 saturated heterocycles. The Bertz CT molecular complexity index is 182. The summed E-state index contributed by atoms with van der Waals surface area (Å²) in [4.78, 5) is 11.9. The third kappa shape index (κ3) is 4.42. The number of nitrogens with one attached hydrogen (secondary N) is 1. The van der Waals surface area contributed by atoms with E-state index in [0.29, 0.717) is 5.88 Å². The number of rotatable bonds is 7. The number of amides is 1. The van der Waals surface area contributed by atoms with Crippen LogP contribution in [0.3, 0.4) is 0 Å². The monoisotopic (exact) mass is 233 g/mol. The molecular weight excluding hydrogens is 210 g/mol. The van der Waals surface area contributed by atoms with E-state index in [2.05, 4.69) is 26.1 Å². The van der Waals surface area contributed by atoms with E-state index in [1.807, 2.05) is 6.92 Å². The van der Waals surface area contributed by atoms with E-state index in [1.54, 1.807) is 0 Å². The maximum absolute atomic E-state index is 11.9. The van der Waals surface area contributed by atoms with Gasteiger partial charge in [-0.1, -0.05) is 34.1 Å². The van der Waals surface area contributed by atoms with Gasteiger partial charge in [-0.15, -0.1) is 11.6 Å². The molecule has 1 atom stereocenters. The molecule has 0 fully saturated rings. The Hall–Kier alpha value is -0.240. The molecule has 0 heterocycles. The van der Waals surface area contributed by atoms with E-state index in [9.17, 15) is 4.79 Å². The van der Waals surface area contributed by atoms with Gasteiger partial charge in [-0.2, -0.15) is 0 Å². The Morgan fingerprint density at radius 1 is 1.33 bits per heavy atom. The molecule has 0 bridgehead atoms. The van der Waals surface area contributed by atoms with Gasteiger partial charge in [-0.05, 0) is 19.3 Å². The molecule has 0 aliphatic rings. The lowest BCUT2D eigenvalue weighted by molar-refractivity contribution is -0.126. The van der Waals surface area contributed by atoms with Crippen LogP contribution in [0.25, 0.3) is 0 Å². The van der Waals surface area contributed by atoms with Crippen molar-refractivity contribution in [2.45, 2.75) is 58.9 Å². The van der Waals surface area contributed by atoms with Crippen LogP contribution in [0, 0.1) is 5.92 Å². The van der Waals surface area contributed by atoms with Crippen LogP contribution >= 0.6 is 11.6 Å². The zero-order chi connectivity index (χ0) is 11.9. The summed E-state index contributed by atoms with van der Waals surface area (Å²) in [5, 5.41) is 3.09. The highest BCUT2D eigenvalue weighted by Crippen LogP contribution is 2.18. The Balaban J connectivity index is 4.34. The molecule has 1 unspecified atom stereocenters. The van der Waals surface area contributed by atoms with Gasteiger partial charge in [0.15, 0.2) is 0 Å². The lowest BCUT2D eigenvalue weighted by Crippen LogP contribution is -2.50. The number of carbonyl (C=O) groups is 1. The highest BCUT2D eigenvalue weighted by Gasteiger charge is 2.28. The molecule has 0 aromatic carbocycles. The van der Waals surface area contributed by atoms with Crippen LogP contribution in [0.2, 0.25) is 0 Å². The molecule has 0 aliphatic heterocycles. The van der Waals surface area contributed by atoms with Crippen molar-refractivity contribution in [3.63, 3.8) is 0 Å². The normalized spacial score (nSPS) is 13.7. The summed E-state index contributed by atoms with van der Waals surface area (Å²) in [7, 11) is 0. The van der Waals surface area contributed by atoms with Crippen LogP contribution in [0.5, 0.6) is 0 Å². The molecule has 0 spiro atoms. The lowest BCUT2D eigenvalue weighted by Gasteiger charge is -2.32. The summed E-state index contributed by atoms with van der Waals surface area (Å²) in [6.45, 7) is 8.20. The molecule has 0 rings (SSSR count). The minimum Gasteiger partial charge on any atom is -0.349 e. The van der Waals surface area contributed by atoms with Gasteiger partial charge in [0.2, 0.25) is 5.91 Å². The van der Waals surface area contributed by atoms with E-state index < -0.39 is 0 Å². The van der Waals surface area contributed by atoms with Gasteiger partial charge in [-0.3, -0.25) is 4.79 Å². The van der Waals surface area contributed by atoms with Crippen LogP contribution in [-0.2, 0) is 4.79 Å². The molecule has 0 aromatic rings. The van der Waals surface area contributed by atoms with E-state index >= 15 is 0 Å². The second kappa shape index (κ2) is 7.10. The summed E-state index contributed by atoms with van der Waals surface area (Å²) in [6, 6.07) is 0. The summed E-state index contributed by atoms with van der Waals surface area (Å²) >= 11 is 5.94. The number of alkyl halides is 1. The minimum atomic E-state index is -0.208. The predicted octanol–water partition coefficient (Wildman–Crippen LogP) is 3.34. The van der Waals surface area contributed by atoms with Crippen molar-refractivity contribution >= 4 is 17.5 Å². The van der Waals surface area contributed by atoms with E-state index in [1.165, 1.54) is 0 Å². The summed E-state index contributed by atoms with van der Waals surface area (Å²) in [6.07, 6.45) is 3.76. The Morgan fingerprint density at radius 2 is 1.87 bits per heavy atom. The van der Waals surface area contributed by atoms with Gasteiger partial charge < -0.3 is 5.32 Å². The molecule has 0 aliphatic carbocycles. The van der Waals surface area contributed by atoms with Crippen LogP contribution < -0.4 is 5.32 Å². The molecule has 15 heavy (non-hydrogen) atoms. The first-order valence-corrected chi connectivity index (χ1v) is 6.46. The van der Waals surface area contributed by atoms with E-state index in [0.717, 1.165) is 25.7 Å². The molecule has 3 heteroatoms. The van der Waals surface area contributed by atoms with E-state index in [-0.39, 0.29) is 17.4 Å². The van der Waals surface area contributed by atoms with Crippen molar-refractivity contribution in [3.05, 3.63) is 0 Å². The molecule has 1 N–H and O–H groups in total. The lowest BCUT2D eigenvalue weighted by atomic mass is 9.93. The average molecular weight is 234 g/mol.